The first-order valence-corrected chi connectivity index (χ1v) is 7.13. The number of rotatable bonds is 4. The SMILES string of the molecule is CC1CC(C)CC(OCc2ccnc(C(N)=NO)c2)C1. The van der Waals surface area contributed by atoms with Gasteiger partial charge in [0.2, 0.25) is 0 Å². The summed E-state index contributed by atoms with van der Waals surface area (Å²) in [5.41, 5.74) is 7.00. The van der Waals surface area contributed by atoms with Gasteiger partial charge in [-0.1, -0.05) is 19.0 Å². The van der Waals surface area contributed by atoms with Crippen LogP contribution in [-0.2, 0) is 11.3 Å². The zero-order valence-electron chi connectivity index (χ0n) is 12.1. The Morgan fingerprint density at radius 3 is 2.75 bits per heavy atom. The predicted molar refractivity (Wildman–Crippen MR) is 77.5 cm³/mol. The maximum absolute atomic E-state index is 8.66. The fourth-order valence-corrected chi connectivity index (χ4v) is 2.98. The Hall–Kier alpha value is -1.62. The van der Waals surface area contributed by atoms with Crippen LogP contribution in [0.25, 0.3) is 0 Å². The maximum Gasteiger partial charge on any atom is 0.188 e. The van der Waals surface area contributed by atoms with Crippen molar-refractivity contribution in [1.82, 2.24) is 4.98 Å². The van der Waals surface area contributed by atoms with Gasteiger partial charge in [-0.3, -0.25) is 4.98 Å². The Bertz CT molecular complexity index is 466. The Kier molecular flexibility index (Phi) is 4.95. The van der Waals surface area contributed by atoms with Crippen molar-refractivity contribution in [3.63, 3.8) is 0 Å². The third-order valence-electron chi connectivity index (χ3n) is 3.82. The van der Waals surface area contributed by atoms with Crippen LogP contribution in [0, 0.1) is 11.8 Å². The first-order valence-electron chi connectivity index (χ1n) is 7.13. The van der Waals surface area contributed by atoms with Gasteiger partial charge in [-0.15, -0.1) is 0 Å². The van der Waals surface area contributed by atoms with Crippen LogP contribution in [0.4, 0.5) is 0 Å². The molecule has 0 radical (unpaired) electrons. The summed E-state index contributed by atoms with van der Waals surface area (Å²) in [6.45, 7) is 5.11. The fourth-order valence-electron chi connectivity index (χ4n) is 2.98. The third-order valence-corrected chi connectivity index (χ3v) is 3.82. The third kappa shape index (κ3) is 3.93. The van der Waals surface area contributed by atoms with Crippen molar-refractivity contribution in [1.29, 1.82) is 0 Å². The lowest BCUT2D eigenvalue weighted by Gasteiger charge is -2.31. The number of ether oxygens (including phenoxy) is 1. The van der Waals surface area contributed by atoms with Crippen molar-refractivity contribution >= 4 is 5.84 Å². The molecule has 0 aromatic carbocycles. The van der Waals surface area contributed by atoms with Gasteiger partial charge in [-0.05, 0) is 48.8 Å². The molecule has 1 aromatic heterocycles. The van der Waals surface area contributed by atoms with Crippen LogP contribution >= 0.6 is 0 Å². The van der Waals surface area contributed by atoms with E-state index in [2.05, 4.69) is 24.0 Å². The van der Waals surface area contributed by atoms with Gasteiger partial charge >= 0.3 is 0 Å². The zero-order valence-corrected chi connectivity index (χ0v) is 12.1. The first kappa shape index (κ1) is 14.8. The molecule has 20 heavy (non-hydrogen) atoms. The second-order valence-corrected chi connectivity index (χ2v) is 5.89. The molecule has 1 aliphatic rings. The highest BCUT2D eigenvalue weighted by Crippen LogP contribution is 2.30. The largest absolute Gasteiger partial charge is 0.409 e. The second kappa shape index (κ2) is 6.70. The summed E-state index contributed by atoms with van der Waals surface area (Å²) in [5.74, 6) is 1.48. The fraction of sp³-hybridized carbons (Fsp3) is 0.600. The molecule has 2 unspecified atom stereocenters. The van der Waals surface area contributed by atoms with Gasteiger partial charge in [0.05, 0.1) is 12.7 Å². The molecule has 0 bridgehead atoms. The number of nitrogens with zero attached hydrogens (tertiary/aromatic N) is 2. The van der Waals surface area contributed by atoms with E-state index >= 15 is 0 Å². The topological polar surface area (TPSA) is 80.7 Å². The summed E-state index contributed by atoms with van der Waals surface area (Å²) in [7, 11) is 0. The second-order valence-electron chi connectivity index (χ2n) is 5.89. The molecule has 110 valence electrons. The normalized spacial score (nSPS) is 27.5. The average Bonchev–Trinajstić information content (AvgIpc) is 2.43. The van der Waals surface area contributed by atoms with E-state index in [1.165, 1.54) is 6.42 Å². The number of aromatic nitrogens is 1. The molecule has 5 nitrogen and oxygen atoms in total. The number of amidine groups is 1. The van der Waals surface area contributed by atoms with E-state index in [1.807, 2.05) is 6.07 Å². The van der Waals surface area contributed by atoms with Crippen LogP contribution in [0.3, 0.4) is 0 Å². The molecule has 3 N–H and O–H groups in total. The molecule has 1 heterocycles. The summed E-state index contributed by atoms with van der Waals surface area (Å²) in [4.78, 5) is 4.06. The van der Waals surface area contributed by atoms with Crippen LogP contribution in [0.5, 0.6) is 0 Å². The highest BCUT2D eigenvalue weighted by molar-refractivity contribution is 5.95. The lowest BCUT2D eigenvalue weighted by molar-refractivity contribution is -0.00918. The first-order chi connectivity index (χ1) is 9.58. The van der Waals surface area contributed by atoms with Crippen LogP contribution in [0.15, 0.2) is 23.5 Å². The Labute approximate surface area is 119 Å². The minimum absolute atomic E-state index is 0.0201. The van der Waals surface area contributed by atoms with Crippen molar-refractivity contribution < 1.29 is 9.94 Å². The molecule has 0 spiro atoms. The molecular formula is C15H23N3O2. The van der Waals surface area contributed by atoms with E-state index in [-0.39, 0.29) is 5.84 Å². The van der Waals surface area contributed by atoms with Gasteiger partial charge in [0.15, 0.2) is 5.84 Å². The Balaban J connectivity index is 1.94. The molecule has 2 atom stereocenters. The minimum atomic E-state index is 0.0201. The molecular weight excluding hydrogens is 254 g/mol. The summed E-state index contributed by atoms with van der Waals surface area (Å²) in [6, 6.07) is 3.69. The van der Waals surface area contributed by atoms with Gasteiger partial charge in [-0.25, -0.2) is 0 Å². The number of nitrogens with two attached hydrogens (primary N) is 1. The molecule has 1 saturated carbocycles. The van der Waals surface area contributed by atoms with Crippen LogP contribution in [-0.4, -0.2) is 22.1 Å². The van der Waals surface area contributed by atoms with E-state index in [0.29, 0.717) is 18.4 Å². The quantitative estimate of drug-likeness (QED) is 0.383. The molecule has 1 fully saturated rings. The van der Waals surface area contributed by atoms with Crippen molar-refractivity contribution in [2.45, 2.75) is 45.8 Å². The molecule has 5 heteroatoms. The van der Waals surface area contributed by atoms with Gasteiger partial charge < -0.3 is 15.7 Å². The minimum Gasteiger partial charge on any atom is -0.409 e. The lowest BCUT2D eigenvalue weighted by Crippen LogP contribution is -2.26. The molecule has 1 aliphatic carbocycles. The Morgan fingerprint density at radius 2 is 2.10 bits per heavy atom. The zero-order chi connectivity index (χ0) is 14.5. The van der Waals surface area contributed by atoms with E-state index in [0.717, 1.165) is 30.2 Å². The van der Waals surface area contributed by atoms with Crippen molar-refractivity contribution in [2.75, 3.05) is 0 Å². The number of pyridine rings is 1. The monoisotopic (exact) mass is 277 g/mol. The Morgan fingerprint density at radius 1 is 1.40 bits per heavy atom. The summed E-state index contributed by atoms with van der Waals surface area (Å²) in [5, 5.41) is 11.6. The molecule has 2 rings (SSSR count). The molecule has 0 saturated heterocycles. The van der Waals surface area contributed by atoms with E-state index in [1.54, 1.807) is 12.3 Å². The van der Waals surface area contributed by atoms with Gasteiger partial charge in [0.25, 0.3) is 0 Å². The van der Waals surface area contributed by atoms with Crippen molar-refractivity contribution in [3.8, 4) is 0 Å². The van der Waals surface area contributed by atoms with Crippen LogP contribution in [0.2, 0.25) is 0 Å². The van der Waals surface area contributed by atoms with Crippen LogP contribution in [0.1, 0.15) is 44.4 Å². The molecule has 0 aliphatic heterocycles. The lowest BCUT2D eigenvalue weighted by atomic mass is 9.82. The predicted octanol–water partition coefficient (Wildman–Crippen LogP) is 2.52. The summed E-state index contributed by atoms with van der Waals surface area (Å²) >= 11 is 0. The number of hydrogen-bond acceptors (Lipinski definition) is 4. The number of oxime groups is 1. The summed E-state index contributed by atoms with van der Waals surface area (Å²) < 4.78 is 6.01. The van der Waals surface area contributed by atoms with Crippen LogP contribution < -0.4 is 5.73 Å². The summed E-state index contributed by atoms with van der Waals surface area (Å²) in [6.07, 6.45) is 5.53. The number of hydrogen-bond donors (Lipinski definition) is 2. The van der Waals surface area contributed by atoms with Gasteiger partial charge in [-0.2, -0.15) is 0 Å². The smallest absolute Gasteiger partial charge is 0.188 e. The standard InChI is InChI=1S/C15H23N3O2/c1-10-5-11(2)7-13(6-10)20-9-12-3-4-17-14(8-12)15(16)18-19/h3-4,8,10-11,13,19H,5-7,9H2,1-2H3,(H2,16,18). The van der Waals surface area contributed by atoms with E-state index < -0.39 is 0 Å². The van der Waals surface area contributed by atoms with E-state index in [4.69, 9.17) is 15.7 Å². The van der Waals surface area contributed by atoms with E-state index in [9.17, 15) is 0 Å². The van der Waals surface area contributed by atoms with Crippen molar-refractivity contribution in [3.05, 3.63) is 29.6 Å². The highest BCUT2D eigenvalue weighted by Gasteiger charge is 2.24. The molecule has 1 aromatic rings. The molecule has 0 amide bonds. The average molecular weight is 277 g/mol. The van der Waals surface area contributed by atoms with Crippen molar-refractivity contribution in [2.24, 2.45) is 22.7 Å². The van der Waals surface area contributed by atoms with Gasteiger partial charge in [0.1, 0.15) is 5.69 Å². The van der Waals surface area contributed by atoms with Gasteiger partial charge in [0, 0.05) is 6.20 Å². The highest BCUT2D eigenvalue weighted by atomic mass is 16.5. The maximum atomic E-state index is 8.66.